The second kappa shape index (κ2) is 4.21. The fourth-order valence-electron chi connectivity index (χ4n) is 5.08. The molecule has 2 saturated carbocycles. The SMILES string of the molecule is CC1CCNC1C(=O)NC1C2(C)CCC(C2)C1(C)C. The van der Waals surface area contributed by atoms with Gasteiger partial charge in [-0.3, -0.25) is 4.79 Å². The Morgan fingerprint density at radius 2 is 2.00 bits per heavy atom. The standard InChI is InChI=1S/C16H28N2O/c1-10-6-8-17-12(10)13(19)18-14-15(2,3)11-5-7-16(14,4)9-11/h10-12,14,17H,5-9H2,1-4H3,(H,18,19). The van der Waals surface area contributed by atoms with Crippen molar-refractivity contribution in [1.82, 2.24) is 10.6 Å². The van der Waals surface area contributed by atoms with Crippen LogP contribution in [0.1, 0.15) is 53.4 Å². The molecule has 3 heteroatoms. The molecule has 2 aliphatic carbocycles. The normalized spacial score (nSPS) is 47.6. The van der Waals surface area contributed by atoms with Crippen LogP contribution in [-0.2, 0) is 4.79 Å². The summed E-state index contributed by atoms with van der Waals surface area (Å²) in [6.45, 7) is 10.2. The van der Waals surface area contributed by atoms with Crippen molar-refractivity contribution < 1.29 is 4.79 Å². The van der Waals surface area contributed by atoms with Crippen molar-refractivity contribution in [3.05, 3.63) is 0 Å². The van der Waals surface area contributed by atoms with Crippen molar-refractivity contribution in [1.29, 1.82) is 0 Å². The van der Waals surface area contributed by atoms with Gasteiger partial charge in [0.2, 0.25) is 5.91 Å². The molecule has 1 aliphatic heterocycles. The smallest absolute Gasteiger partial charge is 0.237 e. The van der Waals surface area contributed by atoms with Crippen LogP contribution in [0.25, 0.3) is 0 Å². The molecule has 0 spiro atoms. The molecule has 2 N–H and O–H groups in total. The lowest BCUT2D eigenvalue weighted by Crippen LogP contribution is -2.56. The monoisotopic (exact) mass is 264 g/mol. The summed E-state index contributed by atoms with van der Waals surface area (Å²) in [4.78, 5) is 12.5. The first-order valence-electron chi connectivity index (χ1n) is 7.88. The molecule has 1 heterocycles. The number of hydrogen-bond acceptors (Lipinski definition) is 2. The van der Waals surface area contributed by atoms with Crippen molar-refractivity contribution in [3.8, 4) is 0 Å². The van der Waals surface area contributed by atoms with E-state index in [1.165, 1.54) is 19.3 Å². The third-order valence-electron chi connectivity index (χ3n) is 6.37. The van der Waals surface area contributed by atoms with Gasteiger partial charge in [0.1, 0.15) is 0 Å². The van der Waals surface area contributed by atoms with Gasteiger partial charge in [0.25, 0.3) is 0 Å². The summed E-state index contributed by atoms with van der Waals surface area (Å²) in [5.74, 6) is 1.49. The average Bonchev–Trinajstić information content (AvgIpc) is 2.95. The maximum absolute atomic E-state index is 12.5. The van der Waals surface area contributed by atoms with E-state index in [1.54, 1.807) is 0 Å². The Labute approximate surface area is 116 Å². The molecule has 3 aliphatic rings. The topological polar surface area (TPSA) is 41.1 Å². The molecule has 0 aromatic carbocycles. The molecule has 0 radical (unpaired) electrons. The summed E-state index contributed by atoms with van der Waals surface area (Å²) >= 11 is 0. The van der Waals surface area contributed by atoms with Crippen LogP contribution in [0.2, 0.25) is 0 Å². The van der Waals surface area contributed by atoms with E-state index in [4.69, 9.17) is 0 Å². The first-order valence-corrected chi connectivity index (χ1v) is 7.88. The third kappa shape index (κ3) is 1.93. The lowest BCUT2D eigenvalue weighted by Gasteiger charge is -2.43. The fraction of sp³-hybridized carbons (Fsp3) is 0.938. The zero-order valence-electron chi connectivity index (χ0n) is 12.8. The second-order valence-electron chi connectivity index (χ2n) is 8.05. The van der Waals surface area contributed by atoms with Crippen molar-refractivity contribution in [2.24, 2.45) is 22.7 Å². The van der Waals surface area contributed by atoms with Crippen LogP contribution in [0.15, 0.2) is 0 Å². The molecule has 2 bridgehead atoms. The number of amides is 1. The van der Waals surface area contributed by atoms with Crippen LogP contribution in [-0.4, -0.2) is 24.5 Å². The molecule has 0 aromatic rings. The van der Waals surface area contributed by atoms with Crippen LogP contribution >= 0.6 is 0 Å². The van der Waals surface area contributed by atoms with Gasteiger partial charge in [0.15, 0.2) is 0 Å². The van der Waals surface area contributed by atoms with E-state index in [0.717, 1.165) is 18.9 Å². The highest BCUT2D eigenvalue weighted by molar-refractivity contribution is 5.83. The van der Waals surface area contributed by atoms with Gasteiger partial charge in [-0.2, -0.15) is 0 Å². The predicted molar refractivity (Wildman–Crippen MR) is 76.7 cm³/mol. The quantitative estimate of drug-likeness (QED) is 0.803. The van der Waals surface area contributed by atoms with Crippen molar-refractivity contribution >= 4 is 5.91 Å². The first kappa shape index (κ1) is 13.4. The molecule has 1 saturated heterocycles. The molecule has 5 unspecified atom stereocenters. The molecule has 3 fully saturated rings. The lowest BCUT2D eigenvalue weighted by molar-refractivity contribution is -0.126. The number of fused-ring (bicyclic) bond motifs is 2. The average molecular weight is 264 g/mol. The summed E-state index contributed by atoms with van der Waals surface area (Å²) in [5, 5.41) is 6.76. The van der Waals surface area contributed by atoms with Gasteiger partial charge in [-0.15, -0.1) is 0 Å². The highest BCUT2D eigenvalue weighted by atomic mass is 16.2. The Morgan fingerprint density at radius 3 is 2.53 bits per heavy atom. The maximum Gasteiger partial charge on any atom is 0.237 e. The van der Waals surface area contributed by atoms with Crippen LogP contribution in [0.3, 0.4) is 0 Å². The van der Waals surface area contributed by atoms with E-state index in [0.29, 0.717) is 17.4 Å². The number of rotatable bonds is 2. The second-order valence-corrected chi connectivity index (χ2v) is 8.05. The van der Waals surface area contributed by atoms with Gasteiger partial charge in [0.05, 0.1) is 6.04 Å². The molecule has 108 valence electrons. The minimum Gasteiger partial charge on any atom is -0.351 e. The highest BCUT2D eigenvalue weighted by Gasteiger charge is 2.59. The Bertz CT molecular complexity index is 387. The van der Waals surface area contributed by atoms with Crippen molar-refractivity contribution in [3.63, 3.8) is 0 Å². The van der Waals surface area contributed by atoms with Crippen LogP contribution in [0, 0.1) is 22.7 Å². The van der Waals surface area contributed by atoms with E-state index >= 15 is 0 Å². The number of nitrogens with one attached hydrogen (secondary N) is 2. The van der Waals surface area contributed by atoms with E-state index in [-0.39, 0.29) is 17.4 Å². The minimum absolute atomic E-state index is 0.0264. The van der Waals surface area contributed by atoms with E-state index < -0.39 is 0 Å². The van der Waals surface area contributed by atoms with Crippen molar-refractivity contribution in [2.75, 3.05) is 6.54 Å². The van der Waals surface area contributed by atoms with Gasteiger partial charge in [-0.05, 0) is 54.9 Å². The van der Waals surface area contributed by atoms with Gasteiger partial charge in [0, 0.05) is 6.04 Å². The molecular weight excluding hydrogens is 236 g/mol. The van der Waals surface area contributed by atoms with Gasteiger partial charge in [-0.25, -0.2) is 0 Å². The summed E-state index contributed by atoms with van der Waals surface area (Å²) < 4.78 is 0. The highest BCUT2D eigenvalue weighted by Crippen LogP contribution is 2.62. The number of carbonyl (C=O) groups excluding carboxylic acids is 1. The number of carbonyl (C=O) groups is 1. The van der Waals surface area contributed by atoms with E-state index in [1.807, 2.05) is 0 Å². The van der Waals surface area contributed by atoms with Gasteiger partial charge < -0.3 is 10.6 Å². The van der Waals surface area contributed by atoms with Crippen LogP contribution in [0.5, 0.6) is 0 Å². The van der Waals surface area contributed by atoms with Crippen molar-refractivity contribution in [2.45, 2.75) is 65.5 Å². The fourth-order valence-corrected chi connectivity index (χ4v) is 5.08. The molecule has 0 aromatic heterocycles. The molecule has 19 heavy (non-hydrogen) atoms. The van der Waals surface area contributed by atoms with Gasteiger partial charge >= 0.3 is 0 Å². The minimum atomic E-state index is 0.0264. The summed E-state index contributed by atoms with van der Waals surface area (Å²) in [6, 6.07) is 0.374. The Kier molecular flexibility index (Phi) is 2.97. The summed E-state index contributed by atoms with van der Waals surface area (Å²) in [7, 11) is 0. The number of hydrogen-bond donors (Lipinski definition) is 2. The van der Waals surface area contributed by atoms with E-state index in [2.05, 4.69) is 38.3 Å². The summed E-state index contributed by atoms with van der Waals surface area (Å²) in [5.41, 5.74) is 0.580. The molecular formula is C16H28N2O. The largest absolute Gasteiger partial charge is 0.351 e. The first-order chi connectivity index (χ1) is 8.84. The molecule has 3 rings (SSSR count). The lowest BCUT2D eigenvalue weighted by atomic mass is 9.68. The Balaban J connectivity index is 1.74. The van der Waals surface area contributed by atoms with E-state index in [9.17, 15) is 4.79 Å². The predicted octanol–water partition coefficient (Wildman–Crippen LogP) is 2.32. The van der Waals surface area contributed by atoms with Crippen LogP contribution in [0.4, 0.5) is 0 Å². The Morgan fingerprint density at radius 1 is 1.26 bits per heavy atom. The molecule has 1 amide bonds. The Hall–Kier alpha value is -0.570. The molecule has 5 atom stereocenters. The zero-order valence-corrected chi connectivity index (χ0v) is 12.8. The summed E-state index contributed by atoms with van der Waals surface area (Å²) in [6.07, 6.45) is 5.03. The van der Waals surface area contributed by atoms with Crippen LogP contribution < -0.4 is 10.6 Å². The maximum atomic E-state index is 12.5. The van der Waals surface area contributed by atoms with Gasteiger partial charge in [-0.1, -0.05) is 27.7 Å². The molecule has 3 nitrogen and oxygen atoms in total. The zero-order chi connectivity index (χ0) is 13.8. The third-order valence-corrected chi connectivity index (χ3v) is 6.37.